The lowest BCUT2D eigenvalue weighted by molar-refractivity contribution is 0.122. The molecule has 1 atom stereocenters. The first-order valence-electron chi connectivity index (χ1n) is 10.1. The van der Waals surface area contributed by atoms with Gasteiger partial charge in [0, 0.05) is 55.5 Å². The van der Waals surface area contributed by atoms with Crippen LogP contribution in [0.4, 0.5) is 5.82 Å². The predicted molar refractivity (Wildman–Crippen MR) is 115 cm³/mol. The molecule has 0 saturated carbocycles. The van der Waals surface area contributed by atoms with Crippen LogP contribution in [0.15, 0.2) is 23.3 Å². The maximum absolute atomic E-state index is 5.48. The zero-order valence-corrected chi connectivity index (χ0v) is 17.7. The van der Waals surface area contributed by atoms with Crippen LogP contribution >= 0.6 is 11.8 Å². The first-order chi connectivity index (χ1) is 13.2. The molecule has 27 heavy (non-hydrogen) atoms. The van der Waals surface area contributed by atoms with Gasteiger partial charge >= 0.3 is 0 Å². The molecule has 0 aromatic carbocycles. The SMILES string of the molecule is CCNC(=NCc1cccnc1N1CCOCC1)N1CCSC(C(C)C)C1. The Morgan fingerprint density at radius 3 is 2.93 bits per heavy atom. The predicted octanol–water partition coefficient (Wildman–Crippen LogP) is 2.46. The fraction of sp³-hybridized carbons (Fsp3) is 0.700. The fourth-order valence-corrected chi connectivity index (χ4v) is 4.77. The third-order valence-electron chi connectivity index (χ3n) is 5.05. The quantitative estimate of drug-likeness (QED) is 0.615. The number of hydrogen-bond donors (Lipinski definition) is 1. The summed E-state index contributed by atoms with van der Waals surface area (Å²) in [5.41, 5.74) is 1.18. The van der Waals surface area contributed by atoms with Crippen LogP contribution in [0.1, 0.15) is 26.3 Å². The summed E-state index contributed by atoms with van der Waals surface area (Å²) in [5, 5.41) is 4.16. The van der Waals surface area contributed by atoms with E-state index in [9.17, 15) is 0 Å². The summed E-state index contributed by atoms with van der Waals surface area (Å²) in [6, 6.07) is 4.15. The summed E-state index contributed by atoms with van der Waals surface area (Å²) in [4.78, 5) is 14.4. The van der Waals surface area contributed by atoms with Gasteiger partial charge in [0.05, 0.1) is 19.8 Å². The molecular formula is C20H33N5OS. The monoisotopic (exact) mass is 391 g/mol. The first kappa shape index (κ1) is 20.3. The van der Waals surface area contributed by atoms with E-state index < -0.39 is 0 Å². The van der Waals surface area contributed by atoms with Crippen molar-refractivity contribution >= 4 is 23.5 Å². The van der Waals surface area contributed by atoms with Crippen molar-refractivity contribution in [2.75, 3.05) is 56.6 Å². The Balaban J connectivity index is 1.73. The number of ether oxygens (including phenoxy) is 1. The summed E-state index contributed by atoms with van der Waals surface area (Å²) in [5.74, 6) is 3.93. The highest BCUT2D eigenvalue weighted by Crippen LogP contribution is 2.25. The minimum absolute atomic E-state index is 0.652. The zero-order chi connectivity index (χ0) is 19.1. The van der Waals surface area contributed by atoms with E-state index in [1.165, 1.54) is 11.3 Å². The van der Waals surface area contributed by atoms with Gasteiger partial charge in [-0.25, -0.2) is 9.98 Å². The molecule has 0 aliphatic carbocycles. The van der Waals surface area contributed by atoms with E-state index in [-0.39, 0.29) is 0 Å². The van der Waals surface area contributed by atoms with Crippen LogP contribution in [-0.4, -0.2) is 72.8 Å². The number of pyridine rings is 1. The molecule has 3 heterocycles. The molecule has 1 N–H and O–H groups in total. The molecule has 2 fully saturated rings. The second kappa shape index (κ2) is 10.2. The van der Waals surface area contributed by atoms with Crippen molar-refractivity contribution in [3.63, 3.8) is 0 Å². The minimum atomic E-state index is 0.652. The van der Waals surface area contributed by atoms with E-state index >= 15 is 0 Å². The van der Waals surface area contributed by atoms with Gasteiger partial charge in [0.1, 0.15) is 5.82 Å². The Bertz CT molecular complexity index is 618. The van der Waals surface area contributed by atoms with Crippen LogP contribution in [0.25, 0.3) is 0 Å². The number of aromatic nitrogens is 1. The Labute approximate surface area is 167 Å². The molecule has 1 aromatic rings. The molecule has 0 amide bonds. The van der Waals surface area contributed by atoms with Crippen molar-refractivity contribution in [3.05, 3.63) is 23.9 Å². The molecule has 3 rings (SSSR count). The molecule has 7 heteroatoms. The molecule has 150 valence electrons. The lowest BCUT2D eigenvalue weighted by Crippen LogP contribution is -2.49. The van der Waals surface area contributed by atoms with Gasteiger partial charge in [-0.05, 0) is 18.9 Å². The van der Waals surface area contributed by atoms with E-state index in [0.717, 1.165) is 57.7 Å². The van der Waals surface area contributed by atoms with Crippen LogP contribution in [0.2, 0.25) is 0 Å². The lowest BCUT2D eigenvalue weighted by Gasteiger charge is -2.36. The maximum Gasteiger partial charge on any atom is 0.194 e. The first-order valence-corrected chi connectivity index (χ1v) is 11.2. The molecule has 0 spiro atoms. The van der Waals surface area contributed by atoms with E-state index in [1.807, 2.05) is 12.3 Å². The van der Waals surface area contributed by atoms with Gasteiger partial charge < -0.3 is 19.9 Å². The molecule has 1 aromatic heterocycles. The number of nitrogens with zero attached hydrogens (tertiary/aromatic N) is 4. The van der Waals surface area contributed by atoms with Gasteiger partial charge in [-0.1, -0.05) is 19.9 Å². The molecule has 6 nitrogen and oxygen atoms in total. The highest BCUT2D eigenvalue weighted by atomic mass is 32.2. The van der Waals surface area contributed by atoms with E-state index in [1.54, 1.807) is 0 Å². The standard InChI is InChI=1S/C20H33N5OS/c1-4-21-20(25-10-13-27-18(15-25)16(2)3)23-14-17-6-5-7-22-19(17)24-8-11-26-12-9-24/h5-7,16,18H,4,8-15H2,1-3H3,(H,21,23). The number of rotatable bonds is 5. The highest BCUT2D eigenvalue weighted by Gasteiger charge is 2.25. The van der Waals surface area contributed by atoms with Gasteiger partial charge in [-0.2, -0.15) is 11.8 Å². The van der Waals surface area contributed by atoms with Crippen molar-refractivity contribution in [1.29, 1.82) is 0 Å². The smallest absolute Gasteiger partial charge is 0.194 e. The molecule has 2 aliphatic heterocycles. The van der Waals surface area contributed by atoms with Gasteiger partial charge in [-0.15, -0.1) is 0 Å². The van der Waals surface area contributed by atoms with Gasteiger partial charge in [0.2, 0.25) is 0 Å². The van der Waals surface area contributed by atoms with E-state index in [2.05, 4.69) is 58.7 Å². The van der Waals surface area contributed by atoms with Crippen molar-refractivity contribution < 1.29 is 4.74 Å². The second-order valence-corrected chi connectivity index (χ2v) is 8.70. The average molecular weight is 392 g/mol. The van der Waals surface area contributed by atoms with Gasteiger partial charge in [0.15, 0.2) is 5.96 Å². The van der Waals surface area contributed by atoms with Crippen molar-refractivity contribution in [1.82, 2.24) is 15.2 Å². The summed E-state index contributed by atoms with van der Waals surface area (Å²) in [6.07, 6.45) is 1.87. The number of nitrogens with one attached hydrogen (secondary N) is 1. The van der Waals surface area contributed by atoms with E-state index in [0.29, 0.717) is 17.7 Å². The molecule has 0 radical (unpaired) electrons. The Hall–Kier alpha value is -1.47. The number of anilines is 1. The van der Waals surface area contributed by atoms with Crippen LogP contribution in [0.3, 0.4) is 0 Å². The van der Waals surface area contributed by atoms with E-state index in [4.69, 9.17) is 9.73 Å². The minimum Gasteiger partial charge on any atom is -0.378 e. The Morgan fingerprint density at radius 1 is 1.37 bits per heavy atom. The molecule has 0 bridgehead atoms. The number of guanidine groups is 1. The summed E-state index contributed by atoms with van der Waals surface area (Å²) >= 11 is 2.09. The van der Waals surface area contributed by atoms with Crippen molar-refractivity contribution in [2.24, 2.45) is 10.9 Å². The Kier molecular flexibility index (Phi) is 7.64. The molecular weight excluding hydrogens is 358 g/mol. The third kappa shape index (κ3) is 5.51. The summed E-state index contributed by atoms with van der Waals surface area (Å²) < 4.78 is 5.48. The fourth-order valence-electron chi connectivity index (χ4n) is 3.47. The molecule has 2 saturated heterocycles. The normalized spacial score (nSPS) is 21.6. The van der Waals surface area contributed by atoms with Gasteiger partial charge in [-0.3, -0.25) is 0 Å². The van der Waals surface area contributed by atoms with Crippen LogP contribution < -0.4 is 10.2 Å². The van der Waals surface area contributed by atoms with Crippen LogP contribution in [0.5, 0.6) is 0 Å². The largest absolute Gasteiger partial charge is 0.378 e. The van der Waals surface area contributed by atoms with Crippen LogP contribution in [0, 0.1) is 5.92 Å². The van der Waals surface area contributed by atoms with Crippen LogP contribution in [-0.2, 0) is 11.3 Å². The van der Waals surface area contributed by atoms with Crippen molar-refractivity contribution in [3.8, 4) is 0 Å². The number of aliphatic imine (C=N–C) groups is 1. The number of hydrogen-bond acceptors (Lipinski definition) is 5. The number of thioether (sulfide) groups is 1. The molecule has 2 aliphatic rings. The lowest BCUT2D eigenvalue weighted by atomic mass is 10.1. The topological polar surface area (TPSA) is 53.0 Å². The highest BCUT2D eigenvalue weighted by molar-refractivity contribution is 8.00. The second-order valence-electron chi connectivity index (χ2n) is 7.35. The number of morpholine rings is 1. The maximum atomic E-state index is 5.48. The average Bonchev–Trinajstić information content (AvgIpc) is 2.72. The van der Waals surface area contributed by atoms with Crippen molar-refractivity contribution in [2.45, 2.75) is 32.6 Å². The molecule has 1 unspecified atom stereocenters. The van der Waals surface area contributed by atoms with Gasteiger partial charge in [0.25, 0.3) is 0 Å². The Morgan fingerprint density at radius 2 is 2.19 bits per heavy atom. The zero-order valence-electron chi connectivity index (χ0n) is 16.9. The third-order valence-corrected chi connectivity index (χ3v) is 6.59. The summed E-state index contributed by atoms with van der Waals surface area (Å²) in [7, 11) is 0. The summed E-state index contributed by atoms with van der Waals surface area (Å²) in [6.45, 7) is 13.8.